The van der Waals surface area contributed by atoms with E-state index in [2.05, 4.69) is 20.3 Å². The van der Waals surface area contributed by atoms with E-state index in [1.807, 2.05) is 0 Å². The normalized spacial score (nSPS) is 13.8. The summed E-state index contributed by atoms with van der Waals surface area (Å²) in [7, 11) is -4.22. The summed E-state index contributed by atoms with van der Waals surface area (Å²) in [5.41, 5.74) is 1.34. The third-order valence-corrected chi connectivity index (χ3v) is 3.59. The summed E-state index contributed by atoms with van der Waals surface area (Å²) in [6.07, 6.45) is 1.18. The third-order valence-electron chi connectivity index (χ3n) is 2.69. The fourth-order valence-corrected chi connectivity index (χ4v) is 2.53. The van der Waals surface area contributed by atoms with Crippen LogP contribution in [-0.4, -0.2) is 48.7 Å². The molecular formula is C10H15N4O5P. The maximum Gasteiger partial charge on any atom is 0.328 e. The topological polar surface area (TPSA) is 151 Å². The first-order valence-corrected chi connectivity index (χ1v) is 7.63. The van der Waals surface area contributed by atoms with Gasteiger partial charge < -0.3 is 30.2 Å². The van der Waals surface area contributed by atoms with Crippen molar-refractivity contribution in [1.82, 2.24) is 20.3 Å². The Labute approximate surface area is 113 Å². The van der Waals surface area contributed by atoms with E-state index in [9.17, 15) is 14.5 Å². The van der Waals surface area contributed by atoms with E-state index in [0.717, 1.165) is 5.56 Å². The SMILES string of the molecule is O=c1[nH]cnc2c(CNC[C@@H](O)CP(=O)(O)O)c[nH]c12. The van der Waals surface area contributed by atoms with Crippen LogP contribution in [-0.2, 0) is 11.1 Å². The van der Waals surface area contributed by atoms with E-state index in [1.54, 1.807) is 6.20 Å². The second-order valence-corrected chi connectivity index (χ2v) is 6.10. The molecule has 0 aliphatic rings. The first-order chi connectivity index (χ1) is 9.37. The van der Waals surface area contributed by atoms with E-state index in [-0.39, 0.29) is 12.1 Å². The van der Waals surface area contributed by atoms with Crippen molar-refractivity contribution in [2.45, 2.75) is 12.6 Å². The van der Waals surface area contributed by atoms with E-state index >= 15 is 0 Å². The van der Waals surface area contributed by atoms with Crippen LogP contribution in [0.5, 0.6) is 0 Å². The van der Waals surface area contributed by atoms with Crippen molar-refractivity contribution in [3.05, 3.63) is 28.4 Å². The lowest BCUT2D eigenvalue weighted by Gasteiger charge is -2.12. The van der Waals surface area contributed by atoms with Crippen LogP contribution in [0.3, 0.4) is 0 Å². The Hall–Kier alpha value is -1.51. The highest BCUT2D eigenvalue weighted by Crippen LogP contribution is 2.34. The van der Waals surface area contributed by atoms with Crippen LogP contribution in [0.2, 0.25) is 0 Å². The van der Waals surface area contributed by atoms with Crippen LogP contribution in [0, 0.1) is 0 Å². The molecule has 20 heavy (non-hydrogen) atoms. The van der Waals surface area contributed by atoms with Crippen molar-refractivity contribution in [2.75, 3.05) is 12.7 Å². The summed E-state index contributed by atoms with van der Waals surface area (Å²) in [6, 6.07) is 0. The van der Waals surface area contributed by atoms with Crippen LogP contribution in [0.25, 0.3) is 11.0 Å². The van der Waals surface area contributed by atoms with Crippen molar-refractivity contribution in [3.63, 3.8) is 0 Å². The second-order valence-electron chi connectivity index (χ2n) is 4.40. The lowest BCUT2D eigenvalue weighted by Crippen LogP contribution is -2.29. The number of aliphatic hydroxyl groups is 1. The molecule has 0 saturated heterocycles. The third kappa shape index (κ3) is 3.75. The smallest absolute Gasteiger partial charge is 0.328 e. The van der Waals surface area contributed by atoms with E-state index < -0.39 is 19.9 Å². The van der Waals surface area contributed by atoms with Crippen molar-refractivity contribution < 1.29 is 19.5 Å². The summed E-state index contributed by atoms with van der Waals surface area (Å²) in [5, 5.41) is 12.3. The fourth-order valence-electron chi connectivity index (χ4n) is 1.85. The molecule has 0 unspecified atom stereocenters. The quantitative estimate of drug-likeness (QED) is 0.370. The van der Waals surface area contributed by atoms with Crippen molar-refractivity contribution in [3.8, 4) is 0 Å². The van der Waals surface area contributed by atoms with E-state index in [0.29, 0.717) is 17.6 Å². The Kier molecular flexibility index (Phi) is 4.36. The molecule has 2 aromatic heterocycles. The molecule has 2 rings (SSSR count). The zero-order chi connectivity index (χ0) is 14.8. The highest BCUT2D eigenvalue weighted by molar-refractivity contribution is 7.51. The summed E-state index contributed by atoms with van der Waals surface area (Å²) in [6.45, 7) is 0.343. The molecule has 0 aromatic carbocycles. The van der Waals surface area contributed by atoms with Crippen molar-refractivity contribution in [1.29, 1.82) is 0 Å². The molecule has 10 heteroatoms. The molecule has 0 fully saturated rings. The zero-order valence-electron chi connectivity index (χ0n) is 10.4. The molecule has 2 heterocycles. The molecule has 6 N–H and O–H groups in total. The average molecular weight is 302 g/mol. The van der Waals surface area contributed by atoms with Gasteiger partial charge in [0.25, 0.3) is 5.56 Å². The highest BCUT2D eigenvalue weighted by atomic mass is 31.2. The van der Waals surface area contributed by atoms with Gasteiger partial charge in [-0.3, -0.25) is 9.36 Å². The largest absolute Gasteiger partial charge is 0.391 e. The lowest BCUT2D eigenvalue weighted by atomic mass is 10.3. The number of aliphatic hydroxyl groups excluding tert-OH is 1. The number of hydrogen-bond acceptors (Lipinski definition) is 5. The van der Waals surface area contributed by atoms with E-state index in [1.165, 1.54) is 6.33 Å². The Morgan fingerprint density at radius 1 is 1.40 bits per heavy atom. The summed E-state index contributed by atoms with van der Waals surface area (Å²) >= 11 is 0. The predicted octanol–water partition coefficient (Wildman–Crippen LogP) is -1.12. The highest BCUT2D eigenvalue weighted by Gasteiger charge is 2.19. The molecule has 9 nitrogen and oxygen atoms in total. The van der Waals surface area contributed by atoms with Gasteiger partial charge in [0.05, 0.1) is 24.1 Å². The lowest BCUT2D eigenvalue weighted by molar-refractivity contribution is 0.185. The molecule has 0 radical (unpaired) electrons. The molecule has 2 aromatic rings. The maximum absolute atomic E-state index is 11.5. The van der Waals surface area contributed by atoms with Gasteiger partial charge >= 0.3 is 7.60 Å². The van der Waals surface area contributed by atoms with Crippen LogP contribution in [0.15, 0.2) is 17.3 Å². The monoisotopic (exact) mass is 302 g/mol. The number of H-pyrrole nitrogens is 2. The number of fused-ring (bicyclic) bond motifs is 1. The number of aromatic nitrogens is 3. The average Bonchev–Trinajstić information content (AvgIpc) is 2.72. The molecule has 0 amide bonds. The Morgan fingerprint density at radius 3 is 2.85 bits per heavy atom. The summed E-state index contributed by atoms with van der Waals surface area (Å²) in [4.78, 5) is 38.2. The van der Waals surface area contributed by atoms with Crippen molar-refractivity contribution in [2.24, 2.45) is 0 Å². The molecule has 0 saturated carbocycles. The Bertz CT molecular complexity index is 690. The minimum absolute atomic E-state index is 0.0287. The van der Waals surface area contributed by atoms with Gasteiger partial charge in [-0.25, -0.2) is 4.98 Å². The fraction of sp³-hybridized carbons (Fsp3) is 0.400. The van der Waals surface area contributed by atoms with Gasteiger partial charge in [0, 0.05) is 24.8 Å². The predicted molar refractivity (Wildman–Crippen MR) is 71.3 cm³/mol. The van der Waals surface area contributed by atoms with Gasteiger partial charge in [0.15, 0.2) is 0 Å². The van der Waals surface area contributed by atoms with Gasteiger partial charge in [0.1, 0.15) is 5.52 Å². The first kappa shape index (κ1) is 14.9. The second kappa shape index (κ2) is 5.86. The summed E-state index contributed by atoms with van der Waals surface area (Å²) in [5.74, 6) is 0. The molecule has 1 atom stereocenters. The van der Waals surface area contributed by atoms with E-state index in [4.69, 9.17) is 9.79 Å². The van der Waals surface area contributed by atoms with Gasteiger partial charge in [0.2, 0.25) is 0 Å². The first-order valence-electron chi connectivity index (χ1n) is 5.84. The number of aromatic amines is 2. The van der Waals surface area contributed by atoms with Gasteiger partial charge in [-0.1, -0.05) is 0 Å². The molecular weight excluding hydrogens is 287 g/mol. The molecule has 110 valence electrons. The van der Waals surface area contributed by atoms with Gasteiger partial charge in [-0.15, -0.1) is 0 Å². The number of hydrogen-bond donors (Lipinski definition) is 6. The summed E-state index contributed by atoms with van der Waals surface area (Å²) < 4.78 is 10.7. The van der Waals surface area contributed by atoms with Crippen molar-refractivity contribution >= 4 is 18.6 Å². The molecule has 0 aliphatic carbocycles. The van der Waals surface area contributed by atoms with Gasteiger partial charge in [-0.2, -0.15) is 0 Å². The Morgan fingerprint density at radius 2 is 2.15 bits per heavy atom. The van der Waals surface area contributed by atoms with Gasteiger partial charge in [-0.05, 0) is 0 Å². The van der Waals surface area contributed by atoms with Crippen LogP contribution in [0.1, 0.15) is 5.56 Å². The minimum Gasteiger partial charge on any atom is -0.391 e. The molecule has 0 bridgehead atoms. The van der Waals surface area contributed by atoms with Crippen LogP contribution in [0.4, 0.5) is 0 Å². The number of nitrogens with zero attached hydrogens (tertiary/aromatic N) is 1. The zero-order valence-corrected chi connectivity index (χ0v) is 11.3. The standard InChI is InChI=1S/C10H15N4O5P/c15-7(4-20(17,18)19)3-11-1-6-2-12-9-8(6)13-5-14-10(9)16/h2,5,7,11-12,15H,1,3-4H2,(H,13,14,16)(H2,17,18,19)/t7-/m1/s1. The molecule has 0 aliphatic heterocycles. The maximum atomic E-state index is 11.5. The number of nitrogens with one attached hydrogen (secondary N) is 3. The number of rotatable bonds is 6. The van der Waals surface area contributed by atoms with Crippen LogP contribution >= 0.6 is 7.60 Å². The Balaban J connectivity index is 1.95. The molecule has 0 spiro atoms. The minimum atomic E-state index is -4.22. The van der Waals surface area contributed by atoms with Crippen LogP contribution < -0.4 is 10.9 Å².